The quantitative estimate of drug-likeness (QED) is 0.799. The summed E-state index contributed by atoms with van der Waals surface area (Å²) in [5.41, 5.74) is 4.03. The summed E-state index contributed by atoms with van der Waals surface area (Å²) in [5.74, 6) is 0.409. The van der Waals surface area contributed by atoms with E-state index < -0.39 is 0 Å². The van der Waals surface area contributed by atoms with Crippen molar-refractivity contribution in [1.29, 1.82) is 0 Å². The molecule has 2 amide bonds. The molecule has 2 aliphatic heterocycles. The van der Waals surface area contributed by atoms with Crippen molar-refractivity contribution in [2.45, 2.75) is 33.2 Å². The predicted molar refractivity (Wildman–Crippen MR) is 87.0 cm³/mol. The molecular formula is C18H26N2O2. The van der Waals surface area contributed by atoms with Crippen LogP contribution >= 0.6 is 0 Å². The molecule has 2 aliphatic rings. The number of hydrogen-bond acceptors (Lipinski definition) is 2. The summed E-state index contributed by atoms with van der Waals surface area (Å²) in [4.78, 5) is 17.0. The van der Waals surface area contributed by atoms with Crippen LogP contribution in [-0.2, 0) is 11.2 Å². The van der Waals surface area contributed by atoms with Gasteiger partial charge < -0.3 is 14.5 Å². The van der Waals surface area contributed by atoms with Crippen LogP contribution in [0.15, 0.2) is 18.2 Å². The Hall–Kier alpha value is -1.55. The average Bonchev–Trinajstić information content (AvgIpc) is 2.53. The number of amides is 2. The SMILES string of the molecule is Cc1ccc2c(c1)CCN(C(=O)N1CCOCC1)C2C(C)C. The van der Waals surface area contributed by atoms with Crippen LogP contribution in [0.4, 0.5) is 4.79 Å². The number of hydrogen-bond donors (Lipinski definition) is 0. The summed E-state index contributed by atoms with van der Waals surface area (Å²) < 4.78 is 5.37. The van der Waals surface area contributed by atoms with Crippen LogP contribution < -0.4 is 0 Å². The Labute approximate surface area is 133 Å². The van der Waals surface area contributed by atoms with Crippen molar-refractivity contribution in [3.05, 3.63) is 34.9 Å². The van der Waals surface area contributed by atoms with Crippen LogP contribution in [0.3, 0.4) is 0 Å². The van der Waals surface area contributed by atoms with E-state index in [0.717, 1.165) is 13.0 Å². The summed E-state index contributed by atoms with van der Waals surface area (Å²) in [6.07, 6.45) is 0.955. The van der Waals surface area contributed by atoms with Gasteiger partial charge in [0.25, 0.3) is 0 Å². The normalized spacial score (nSPS) is 21.9. The number of benzene rings is 1. The standard InChI is InChI=1S/C18H26N2O2/c1-13(2)17-16-5-4-14(3)12-15(16)6-7-20(17)18(21)19-8-10-22-11-9-19/h4-5,12-13,17H,6-11H2,1-3H3. The first-order valence-electron chi connectivity index (χ1n) is 8.30. The van der Waals surface area contributed by atoms with Crippen LogP contribution in [0.1, 0.15) is 36.6 Å². The fourth-order valence-corrected chi connectivity index (χ4v) is 3.66. The van der Waals surface area contributed by atoms with Gasteiger partial charge in [-0.25, -0.2) is 4.79 Å². The van der Waals surface area contributed by atoms with Gasteiger partial charge in [0, 0.05) is 19.6 Å². The number of morpholine rings is 1. The predicted octanol–water partition coefficient (Wildman–Crippen LogP) is 3.00. The molecule has 22 heavy (non-hydrogen) atoms. The fraction of sp³-hybridized carbons (Fsp3) is 0.611. The monoisotopic (exact) mass is 302 g/mol. The van der Waals surface area contributed by atoms with Crippen LogP contribution in [0, 0.1) is 12.8 Å². The van der Waals surface area contributed by atoms with E-state index >= 15 is 0 Å². The summed E-state index contributed by atoms with van der Waals surface area (Å²) in [7, 11) is 0. The van der Waals surface area contributed by atoms with E-state index in [0.29, 0.717) is 32.2 Å². The summed E-state index contributed by atoms with van der Waals surface area (Å²) >= 11 is 0. The van der Waals surface area contributed by atoms with Gasteiger partial charge in [0.2, 0.25) is 0 Å². The Bertz CT molecular complexity index is 550. The van der Waals surface area contributed by atoms with Gasteiger partial charge in [-0.05, 0) is 30.4 Å². The second-order valence-electron chi connectivity index (χ2n) is 6.72. The largest absolute Gasteiger partial charge is 0.378 e. The minimum absolute atomic E-state index is 0.174. The van der Waals surface area contributed by atoms with Gasteiger partial charge in [-0.15, -0.1) is 0 Å². The molecule has 0 N–H and O–H groups in total. The van der Waals surface area contributed by atoms with E-state index in [2.05, 4.69) is 43.9 Å². The van der Waals surface area contributed by atoms with E-state index in [1.165, 1.54) is 16.7 Å². The molecule has 0 aliphatic carbocycles. The molecule has 0 saturated carbocycles. The van der Waals surface area contributed by atoms with Crippen molar-refractivity contribution >= 4 is 6.03 Å². The van der Waals surface area contributed by atoms with Gasteiger partial charge in [-0.3, -0.25) is 0 Å². The van der Waals surface area contributed by atoms with Gasteiger partial charge in [0.1, 0.15) is 0 Å². The molecule has 1 fully saturated rings. The Kier molecular flexibility index (Phi) is 4.39. The first-order valence-corrected chi connectivity index (χ1v) is 8.30. The second-order valence-corrected chi connectivity index (χ2v) is 6.72. The lowest BCUT2D eigenvalue weighted by Crippen LogP contribution is -2.52. The number of urea groups is 1. The highest BCUT2D eigenvalue weighted by Crippen LogP contribution is 2.36. The van der Waals surface area contributed by atoms with Crippen molar-refractivity contribution in [3.8, 4) is 0 Å². The third-order valence-electron chi connectivity index (χ3n) is 4.73. The molecule has 120 valence electrons. The number of carbonyl (C=O) groups excluding carboxylic acids is 1. The van der Waals surface area contributed by atoms with Crippen molar-refractivity contribution < 1.29 is 9.53 Å². The van der Waals surface area contributed by atoms with Gasteiger partial charge in [0.15, 0.2) is 0 Å². The highest BCUT2D eigenvalue weighted by Gasteiger charge is 2.35. The van der Waals surface area contributed by atoms with Crippen molar-refractivity contribution in [2.75, 3.05) is 32.8 Å². The van der Waals surface area contributed by atoms with Gasteiger partial charge in [0.05, 0.1) is 19.3 Å². The maximum absolute atomic E-state index is 12.9. The molecule has 1 saturated heterocycles. The van der Waals surface area contributed by atoms with Gasteiger partial charge in [-0.2, -0.15) is 0 Å². The van der Waals surface area contributed by atoms with Crippen LogP contribution in [0.5, 0.6) is 0 Å². The first kappa shape index (κ1) is 15.3. The number of fused-ring (bicyclic) bond motifs is 1. The Morgan fingerprint density at radius 2 is 1.95 bits per heavy atom. The van der Waals surface area contributed by atoms with E-state index in [9.17, 15) is 4.79 Å². The summed E-state index contributed by atoms with van der Waals surface area (Å²) in [6, 6.07) is 7.01. The van der Waals surface area contributed by atoms with Crippen molar-refractivity contribution in [2.24, 2.45) is 5.92 Å². The first-order chi connectivity index (χ1) is 10.6. The zero-order valence-corrected chi connectivity index (χ0v) is 13.8. The fourth-order valence-electron chi connectivity index (χ4n) is 3.66. The van der Waals surface area contributed by atoms with Gasteiger partial charge >= 0.3 is 6.03 Å². The minimum atomic E-state index is 0.174. The molecule has 1 aromatic rings. The average molecular weight is 302 g/mol. The molecule has 0 radical (unpaired) electrons. The maximum Gasteiger partial charge on any atom is 0.320 e. The topological polar surface area (TPSA) is 32.8 Å². The molecule has 1 aromatic carbocycles. The maximum atomic E-state index is 12.9. The summed E-state index contributed by atoms with van der Waals surface area (Å²) in [6.45, 7) is 10.1. The lowest BCUT2D eigenvalue weighted by atomic mass is 9.85. The van der Waals surface area contributed by atoms with Crippen molar-refractivity contribution in [3.63, 3.8) is 0 Å². The third-order valence-corrected chi connectivity index (χ3v) is 4.73. The van der Waals surface area contributed by atoms with E-state index in [-0.39, 0.29) is 12.1 Å². The van der Waals surface area contributed by atoms with E-state index in [1.54, 1.807) is 0 Å². The molecular weight excluding hydrogens is 276 g/mol. The van der Waals surface area contributed by atoms with Crippen molar-refractivity contribution in [1.82, 2.24) is 9.80 Å². The van der Waals surface area contributed by atoms with Gasteiger partial charge in [-0.1, -0.05) is 37.6 Å². The van der Waals surface area contributed by atoms with E-state index in [4.69, 9.17) is 4.74 Å². The lowest BCUT2D eigenvalue weighted by molar-refractivity contribution is 0.0350. The Morgan fingerprint density at radius 1 is 1.23 bits per heavy atom. The number of nitrogens with zero attached hydrogens (tertiary/aromatic N) is 2. The number of rotatable bonds is 1. The zero-order chi connectivity index (χ0) is 15.7. The van der Waals surface area contributed by atoms with Crippen LogP contribution in [0.2, 0.25) is 0 Å². The Morgan fingerprint density at radius 3 is 2.64 bits per heavy atom. The number of aryl methyl sites for hydroxylation is 1. The number of ether oxygens (including phenoxy) is 1. The lowest BCUT2D eigenvalue weighted by Gasteiger charge is -2.43. The second kappa shape index (κ2) is 6.29. The van der Waals surface area contributed by atoms with E-state index in [1.807, 2.05) is 4.90 Å². The zero-order valence-electron chi connectivity index (χ0n) is 13.8. The Balaban J connectivity index is 1.88. The minimum Gasteiger partial charge on any atom is -0.378 e. The molecule has 4 heteroatoms. The van der Waals surface area contributed by atoms with Crippen LogP contribution in [0.25, 0.3) is 0 Å². The molecule has 1 atom stereocenters. The molecule has 1 unspecified atom stereocenters. The molecule has 3 rings (SSSR count). The third kappa shape index (κ3) is 2.84. The highest BCUT2D eigenvalue weighted by atomic mass is 16.5. The smallest absolute Gasteiger partial charge is 0.320 e. The highest BCUT2D eigenvalue weighted by molar-refractivity contribution is 5.75. The number of carbonyl (C=O) groups is 1. The molecule has 0 spiro atoms. The molecule has 2 heterocycles. The summed E-state index contributed by atoms with van der Waals surface area (Å²) in [5, 5.41) is 0. The molecule has 0 aromatic heterocycles. The van der Waals surface area contributed by atoms with Crippen LogP contribution in [-0.4, -0.2) is 48.7 Å². The molecule has 4 nitrogen and oxygen atoms in total. The molecule has 0 bridgehead atoms.